The Morgan fingerprint density at radius 2 is 1.67 bits per heavy atom. The molecule has 1 amide bonds. The number of benzene rings is 2. The predicted molar refractivity (Wildman–Crippen MR) is 79.6 cm³/mol. The van der Waals surface area contributed by atoms with Gasteiger partial charge in [-0.1, -0.05) is 35.0 Å². The van der Waals surface area contributed by atoms with Crippen LogP contribution in [-0.4, -0.2) is 16.6 Å². The fourth-order valence-corrected chi connectivity index (χ4v) is 1.94. The van der Waals surface area contributed by atoms with Crippen LogP contribution in [0.15, 0.2) is 53.1 Å². The quantitative estimate of drug-likeness (QED) is 0.744. The molecule has 0 aliphatic heterocycles. The molecule has 2 aromatic carbocycles. The van der Waals surface area contributed by atoms with E-state index in [9.17, 15) is 4.79 Å². The van der Waals surface area contributed by atoms with Gasteiger partial charge in [0.2, 0.25) is 12.2 Å². The average Bonchev–Trinajstić information content (AvgIpc) is 2.99. The highest BCUT2D eigenvalue weighted by atomic mass is 16.5. The Kier molecular flexibility index (Phi) is 3.47. The second kappa shape index (κ2) is 5.58. The molecular weight excluding hydrogens is 266 g/mol. The van der Waals surface area contributed by atoms with Gasteiger partial charge in [-0.2, -0.15) is 4.98 Å². The molecule has 0 aliphatic rings. The molecule has 0 unspecified atom stereocenters. The van der Waals surface area contributed by atoms with Gasteiger partial charge in [0.25, 0.3) is 5.89 Å². The van der Waals surface area contributed by atoms with E-state index >= 15 is 0 Å². The third-order valence-electron chi connectivity index (χ3n) is 3.09. The van der Waals surface area contributed by atoms with Crippen LogP contribution in [0, 0.1) is 6.92 Å². The van der Waals surface area contributed by atoms with Crippen molar-refractivity contribution in [3.8, 4) is 22.8 Å². The smallest absolute Gasteiger partial charge is 0.258 e. The monoisotopic (exact) mass is 279 g/mol. The normalized spacial score (nSPS) is 10.3. The van der Waals surface area contributed by atoms with Crippen molar-refractivity contribution in [2.75, 3.05) is 5.32 Å². The zero-order valence-electron chi connectivity index (χ0n) is 11.4. The fourth-order valence-electron chi connectivity index (χ4n) is 1.94. The Balaban J connectivity index is 1.87. The van der Waals surface area contributed by atoms with Crippen molar-refractivity contribution >= 4 is 12.1 Å². The van der Waals surface area contributed by atoms with Crippen LogP contribution in [0.4, 0.5) is 5.69 Å². The molecule has 5 nitrogen and oxygen atoms in total. The van der Waals surface area contributed by atoms with Crippen LogP contribution in [0.25, 0.3) is 22.8 Å². The molecule has 0 bridgehead atoms. The van der Waals surface area contributed by atoms with E-state index in [0.717, 1.165) is 11.1 Å². The van der Waals surface area contributed by atoms with Crippen molar-refractivity contribution in [1.29, 1.82) is 0 Å². The Hall–Kier alpha value is -2.95. The summed E-state index contributed by atoms with van der Waals surface area (Å²) in [4.78, 5) is 14.7. The third-order valence-corrected chi connectivity index (χ3v) is 3.09. The molecule has 0 fully saturated rings. The number of anilines is 1. The number of nitrogens with one attached hydrogen (secondary N) is 1. The first-order valence-corrected chi connectivity index (χ1v) is 6.47. The molecule has 5 heteroatoms. The maximum atomic E-state index is 10.4. The maximum Gasteiger partial charge on any atom is 0.258 e. The summed E-state index contributed by atoms with van der Waals surface area (Å²) in [5.74, 6) is 1.00. The lowest BCUT2D eigenvalue weighted by atomic mass is 10.1. The number of hydrogen-bond acceptors (Lipinski definition) is 4. The van der Waals surface area contributed by atoms with Crippen molar-refractivity contribution in [2.45, 2.75) is 6.92 Å². The van der Waals surface area contributed by atoms with Crippen LogP contribution in [0.2, 0.25) is 0 Å². The molecule has 0 radical (unpaired) electrons. The summed E-state index contributed by atoms with van der Waals surface area (Å²) in [6.45, 7) is 2.03. The highest BCUT2D eigenvalue weighted by molar-refractivity contribution is 5.72. The molecule has 0 aliphatic carbocycles. The molecule has 21 heavy (non-hydrogen) atoms. The van der Waals surface area contributed by atoms with Crippen molar-refractivity contribution in [3.63, 3.8) is 0 Å². The lowest BCUT2D eigenvalue weighted by Crippen LogP contribution is -1.92. The standard InChI is InChI=1S/C16H13N3O2/c1-11-2-4-12(5-3-11)15-18-16(21-19-15)13-6-8-14(9-7-13)17-10-20/h2-10H,1H3,(H,17,20). The van der Waals surface area contributed by atoms with Crippen LogP contribution in [0.1, 0.15) is 5.56 Å². The maximum absolute atomic E-state index is 10.4. The van der Waals surface area contributed by atoms with Gasteiger partial charge in [0.05, 0.1) is 0 Å². The van der Waals surface area contributed by atoms with Crippen molar-refractivity contribution in [3.05, 3.63) is 54.1 Å². The van der Waals surface area contributed by atoms with E-state index in [1.54, 1.807) is 12.1 Å². The Morgan fingerprint density at radius 3 is 2.33 bits per heavy atom. The van der Waals surface area contributed by atoms with Crippen molar-refractivity contribution in [1.82, 2.24) is 10.1 Å². The number of hydrogen-bond donors (Lipinski definition) is 1. The average molecular weight is 279 g/mol. The third kappa shape index (κ3) is 2.81. The van der Waals surface area contributed by atoms with E-state index in [0.29, 0.717) is 23.8 Å². The van der Waals surface area contributed by atoms with Crippen molar-refractivity contribution in [2.24, 2.45) is 0 Å². The molecule has 104 valence electrons. The first-order valence-electron chi connectivity index (χ1n) is 6.47. The lowest BCUT2D eigenvalue weighted by Gasteiger charge is -1.98. The minimum absolute atomic E-state index is 0.447. The number of aromatic nitrogens is 2. The summed E-state index contributed by atoms with van der Waals surface area (Å²) in [5, 5.41) is 6.57. The Bertz CT molecular complexity index is 746. The molecular formula is C16H13N3O2. The van der Waals surface area contributed by atoms with E-state index in [4.69, 9.17) is 4.52 Å². The summed E-state index contributed by atoms with van der Waals surface area (Å²) in [5.41, 5.74) is 3.61. The molecule has 0 saturated heterocycles. The number of aryl methyl sites for hydroxylation is 1. The molecule has 1 N–H and O–H groups in total. The van der Waals surface area contributed by atoms with Crippen LogP contribution in [-0.2, 0) is 4.79 Å². The Morgan fingerprint density at radius 1 is 1.00 bits per heavy atom. The highest BCUT2D eigenvalue weighted by Gasteiger charge is 2.10. The van der Waals surface area contributed by atoms with Crippen LogP contribution in [0.5, 0.6) is 0 Å². The van der Waals surface area contributed by atoms with E-state index in [1.165, 1.54) is 5.56 Å². The number of amides is 1. The fraction of sp³-hybridized carbons (Fsp3) is 0.0625. The minimum Gasteiger partial charge on any atom is -0.334 e. The lowest BCUT2D eigenvalue weighted by molar-refractivity contribution is -0.105. The SMILES string of the molecule is Cc1ccc(-c2noc(-c3ccc(NC=O)cc3)n2)cc1. The van der Waals surface area contributed by atoms with Gasteiger partial charge in [-0.25, -0.2) is 0 Å². The van der Waals surface area contributed by atoms with Crippen LogP contribution < -0.4 is 5.32 Å². The van der Waals surface area contributed by atoms with Gasteiger partial charge >= 0.3 is 0 Å². The summed E-state index contributed by atoms with van der Waals surface area (Å²) in [6, 6.07) is 15.1. The number of carbonyl (C=O) groups excluding carboxylic acids is 1. The molecule has 3 rings (SSSR count). The molecule has 0 saturated carbocycles. The van der Waals surface area contributed by atoms with E-state index < -0.39 is 0 Å². The first kappa shape index (κ1) is 13.1. The first-order chi connectivity index (χ1) is 10.3. The molecule has 0 atom stereocenters. The van der Waals surface area contributed by atoms with E-state index in [2.05, 4.69) is 15.5 Å². The van der Waals surface area contributed by atoms with Gasteiger partial charge in [-0.3, -0.25) is 4.79 Å². The molecule has 1 aromatic heterocycles. The van der Waals surface area contributed by atoms with Gasteiger partial charge in [0, 0.05) is 16.8 Å². The second-order valence-electron chi connectivity index (χ2n) is 4.63. The second-order valence-corrected chi connectivity index (χ2v) is 4.63. The zero-order chi connectivity index (χ0) is 14.7. The van der Waals surface area contributed by atoms with E-state index in [-0.39, 0.29) is 0 Å². The number of carbonyl (C=O) groups is 1. The summed E-state index contributed by atoms with van der Waals surface area (Å²) in [7, 11) is 0. The van der Waals surface area contributed by atoms with Gasteiger partial charge < -0.3 is 9.84 Å². The van der Waals surface area contributed by atoms with Gasteiger partial charge in [-0.05, 0) is 31.2 Å². The summed E-state index contributed by atoms with van der Waals surface area (Å²) < 4.78 is 5.28. The van der Waals surface area contributed by atoms with E-state index in [1.807, 2.05) is 43.3 Å². The van der Waals surface area contributed by atoms with Gasteiger partial charge in [-0.15, -0.1) is 0 Å². The molecule has 3 aromatic rings. The summed E-state index contributed by atoms with van der Waals surface area (Å²) >= 11 is 0. The van der Waals surface area contributed by atoms with Crippen LogP contribution in [0.3, 0.4) is 0 Å². The minimum atomic E-state index is 0.447. The Labute approximate surface area is 121 Å². The van der Waals surface area contributed by atoms with Crippen molar-refractivity contribution < 1.29 is 9.32 Å². The topological polar surface area (TPSA) is 68.0 Å². The summed E-state index contributed by atoms with van der Waals surface area (Å²) in [6.07, 6.45) is 0.636. The number of rotatable bonds is 4. The predicted octanol–water partition coefficient (Wildman–Crippen LogP) is 3.28. The largest absolute Gasteiger partial charge is 0.334 e. The molecule has 1 heterocycles. The molecule has 0 spiro atoms. The van der Waals surface area contributed by atoms with Crippen LogP contribution >= 0.6 is 0 Å². The zero-order valence-corrected chi connectivity index (χ0v) is 11.4. The van der Waals surface area contributed by atoms with Gasteiger partial charge in [0.15, 0.2) is 0 Å². The number of nitrogens with zero attached hydrogens (tertiary/aromatic N) is 2. The van der Waals surface area contributed by atoms with Gasteiger partial charge in [0.1, 0.15) is 0 Å². The highest BCUT2D eigenvalue weighted by Crippen LogP contribution is 2.23.